The largest absolute Gasteiger partial charge is 0.368 e. The van der Waals surface area contributed by atoms with E-state index in [-0.39, 0.29) is 10.9 Å². The van der Waals surface area contributed by atoms with E-state index in [9.17, 15) is 8.42 Å². The molecule has 0 radical (unpaired) electrons. The second kappa shape index (κ2) is 6.12. The van der Waals surface area contributed by atoms with Crippen molar-refractivity contribution in [1.29, 1.82) is 0 Å². The third kappa shape index (κ3) is 3.66. The second-order valence-corrected chi connectivity index (χ2v) is 6.44. The van der Waals surface area contributed by atoms with Gasteiger partial charge in [-0.3, -0.25) is 0 Å². The van der Waals surface area contributed by atoms with Crippen LogP contribution < -0.4 is 11.1 Å². The van der Waals surface area contributed by atoms with Crippen LogP contribution in [-0.2, 0) is 10.0 Å². The third-order valence-corrected chi connectivity index (χ3v) is 4.31. The number of aromatic nitrogens is 1. The summed E-state index contributed by atoms with van der Waals surface area (Å²) >= 11 is 0. The lowest BCUT2D eigenvalue weighted by atomic mass is 10.2. The zero-order chi connectivity index (χ0) is 13.8. The van der Waals surface area contributed by atoms with Crippen molar-refractivity contribution >= 4 is 15.8 Å². The average Bonchev–Trinajstić information content (AvgIpc) is 2.29. The molecule has 1 rings (SSSR count). The molecule has 0 amide bonds. The summed E-state index contributed by atoms with van der Waals surface area (Å²) in [5.74, 6) is 0.647. The molecule has 1 atom stereocenters. The molecule has 102 valence electrons. The van der Waals surface area contributed by atoms with E-state index in [1.807, 2.05) is 6.92 Å². The second-order valence-electron chi connectivity index (χ2n) is 4.29. The van der Waals surface area contributed by atoms with Gasteiger partial charge in [0.05, 0.1) is 0 Å². The van der Waals surface area contributed by atoms with Crippen LogP contribution in [0.5, 0.6) is 0 Å². The smallest absolute Gasteiger partial charge is 0.244 e. The Bertz CT molecular complexity index is 470. The number of nitrogens with two attached hydrogens (primary N) is 1. The molecule has 6 nitrogen and oxygen atoms in total. The van der Waals surface area contributed by atoms with Gasteiger partial charge < -0.3 is 11.1 Å². The quantitative estimate of drug-likeness (QED) is 0.786. The molecule has 0 aliphatic heterocycles. The molecule has 0 aromatic carbocycles. The Labute approximate surface area is 108 Å². The van der Waals surface area contributed by atoms with Crippen LogP contribution in [0.4, 0.5) is 5.82 Å². The molecule has 0 bridgehead atoms. The van der Waals surface area contributed by atoms with E-state index in [1.54, 1.807) is 12.1 Å². The van der Waals surface area contributed by atoms with Crippen LogP contribution in [0.3, 0.4) is 0 Å². The van der Waals surface area contributed by atoms with Crippen molar-refractivity contribution in [2.75, 3.05) is 26.0 Å². The summed E-state index contributed by atoms with van der Waals surface area (Å²) in [7, 11) is -0.428. The van der Waals surface area contributed by atoms with Crippen molar-refractivity contribution in [3.05, 3.63) is 18.3 Å². The predicted molar refractivity (Wildman–Crippen MR) is 71.9 cm³/mol. The van der Waals surface area contributed by atoms with E-state index < -0.39 is 10.0 Å². The van der Waals surface area contributed by atoms with E-state index in [4.69, 9.17) is 5.73 Å². The highest BCUT2D eigenvalue weighted by Gasteiger charge is 2.17. The van der Waals surface area contributed by atoms with E-state index in [0.717, 1.165) is 10.7 Å². The first-order chi connectivity index (χ1) is 8.37. The zero-order valence-corrected chi connectivity index (χ0v) is 11.7. The van der Waals surface area contributed by atoms with Gasteiger partial charge in [0.2, 0.25) is 10.0 Å². The number of pyridine rings is 1. The highest BCUT2D eigenvalue weighted by Crippen LogP contribution is 2.14. The van der Waals surface area contributed by atoms with Gasteiger partial charge in [0.15, 0.2) is 0 Å². The maximum atomic E-state index is 11.8. The summed E-state index contributed by atoms with van der Waals surface area (Å²) in [6.07, 6.45) is 2.19. The van der Waals surface area contributed by atoms with Crippen LogP contribution in [0.1, 0.15) is 13.3 Å². The Hall–Kier alpha value is -1.18. The van der Waals surface area contributed by atoms with Gasteiger partial charge in [0.25, 0.3) is 0 Å². The number of nitrogens with one attached hydrogen (secondary N) is 1. The predicted octanol–water partition coefficient (Wildman–Crippen LogP) is 0.481. The van der Waals surface area contributed by atoms with Gasteiger partial charge in [-0.25, -0.2) is 17.7 Å². The topological polar surface area (TPSA) is 88.3 Å². The summed E-state index contributed by atoms with van der Waals surface area (Å²) in [6, 6.07) is 3.40. The Kier molecular flexibility index (Phi) is 5.06. The molecule has 0 spiro atoms. The van der Waals surface area contributed by atoms with Crippen molar-refractivity contribution in [1.82, 2.24) is 9.29 Å². The minimum atomic E-state index is -3.41. The van der Waals surface area contributed by atoms with E-state index in [2.05, 4.69) is 10.3 Å². The molecule has 1 aromatic heterocycles. The standard InChI is InChI=1S/C11H20N4O2S/c1-9(6-7-12)14-11-5-4-10(8-13-11)18(16,17)15(2)3/h4-5,8-9H,6-7,12H2,1-3H3,(H,13,14). The summed E-state index contributed by atoms with van der Waals surface area (Å²) in [4.78, 5) is 4.28. The lowest BCUT2D eigenvalue weighted by molar-refractivity contribution is 0.520. The number of rotatable bonds is 6. The monoisotopic (exact) mass is 272 g/mol. The summed E-state index contributed by atoms with van der Waals surface area (Å²) < 4.78 is 24.8. The fraction of sp³-hybridized carbons (Fsp3) is 0.545. The van der Waals surface area contributed by atoms with Gasteiger partial charge >= 0.3 is 0 Å². The molecule has 18 heavy (non-hydrogen) atoms. The van der Waals surface area contributed by atoms with Gasteiger partial charge in [-0.2, -0.15) is 0 Å². The highest BCUT2D eigenvalue weighted by atomic mass is 32.2. The van der Waals surface area contributed by atoms with Crippen LogP contribution in [0.25, 0.3) is 0 Å². The lowest BCUT2D eigenvalue weighted by Crippen LogP contribution is -2.23. The summed E-state index contributed by atoms with van der Waals surface area (Å²) in [5, 5.41) is 3.15. The number of nitrogens with zero attached hydrogens (tertiary/aromatic N) is 2. The van der Waals surface area contributed by atoms with Gasteiger partial charge in [-0.05, 0) is 32.0 Å². The average molecular weight is 272 g/mol. The molecule has 0 aliphatic rings. The molecule has 0 saturated carbocycles. The molecule has 0 saturated heterocycles. The van der Waals surface area contributed by atoms with Crippen molar-refractivity contribution in [2.45, 2.75) is 24.3 Å². The van der Waals surface area contributed by atoms with Crippen molar-refractivity contribution in [2.24, 2.45) is 5.73 Å². The van der Waals surface area contributed by atoms with E-state index in [0.29, 0.717) is 12.4 Å². The fourth-order valence-corrected chi connectivity index (χ4v) is 2.25. The molecule has 0 fully saturated rings. The molecule has 1 unspecified atom stereocenters. The number of sulfonamides is 1. The van der Waals surface area contributed by atoms with Gasteiger partial charge in [0.1, 0.15) is 10.7 Å². The van der Waals surface area contributed by atoms with Crippen LogP contribution in [-0.4, -0.2) is 44.4 Å². The maximum Gasteiger partial charge on any atom is 0.244 e. The number of anilines is 1. The number of hydrogen-bond donors (Lipinski definition) is 2. The number of hydrogen-bond acceptors (Lipinski definition) is 5. The van der Waals surface area contributed by atoms with Crippen LogP contribution in [0.2, 0.25) is 0 Å². The summed E-state index contributed by atoms with van der Waals surface area (Å²) in [6.45, 7) is 2.60. The SMILES string of the molecule is CC(CCN)Nc1ccc(S(=O)(=O)N(C)C)cn1. The molecular formula is C11H20N4O2S. The molecular weight excluding hydrogens is 252 g/mol. The van der Waals surface area contributed by atoms with E-state index >= 15 is 0 Å². The Morgan fingerprint density at radius 3 is 2.56 bits per heavy atom. The van der Waals surface area contributed by atoms with Gasteiger partial charge in [0, 0.05) is 26.3 Å². The molecule has 7 heteroatoms. The first kappa shape index (κ1) is 14.9. The van der Waals surface area contributed by atoms with Crippen LogP contribution in [0, 0.1) is 0 Å². The third-order valence-electron chi connectivity index (χ3n) is 2.51. The Balaban J connectivity index is 2.81. The molecule has 1 heterocycles. The van der Waals surface area contributed by atoms with Crippen molar-refractivity contribution in [3.63, 3.8) is 0 Å². The van der Waals surface area contributed by atoms with Crippen LogP contribution >= 0.6 is 0 Å². The fourth-order valence-electron chi connectivity index (χ4n) is 1.40. The maximum absolute atomic E-state index is 11.8. The van der Waals surface area contributed by atoms with Crippen molar-refractivity contribution in [3.8, 4) is 0 Å². The van der Waals surface area contributed by atoms with Crippen LogP contribution in [0.15, 0.2) is 23.2 Å². The molecule has 0 aliphatic carbocycles. The first-order valence-electron chi connectivity index (χ1n) is 5.73. The summed E-state index contributed by atoms with van der Waals surface area (Å²) in [5.41, 5.74) is 5.45. The van der Waals surface area contributed by atoms with E-state index in [1.165, 1.54) is 20.3 Å². The normalized spacial score (nSPS) is 13.6. The Morgan fingerprint density at radius 1 is 1.44 bits per heavy atom. The van der Waals surface area contributed by atoms with Gasteiger partial charge in [-0.15, -0.1) is 0 Å². The minimum absolute atomic E-state index is 0.185. The zero-order valence-electron chi connectivity index (χ0n) is 10.9. The van der Waals surface area contributed by atoms with Gasteiger partial charge in [-0.1, -0.05) is 0 Å². The molecule has 1 aromatic rings. The Morgan fingerprint density at radius 2 is 2.11 bits per heavy atom. The highest BCUT2D eigenvalue weighted by molar-refractivity contribution is 7.89. The van der Waals surface area contributed by atoms with Crippen molar-refractivity contribution < 1.29 is 8.42 Å². The first-order valence-corrected chi connectivity index (χ1v) is 7.17. The lowest BCUT2D eigenvalue weighted by Gasteiger charge is -2.14. The molecule has 3 N–H and O–H groups in total. The minimum Gasteiger partial charge on any atom is -0.368 e.